The molecule has 1 aromatic carbocycles. The number of hydrogen-bond acceptors (Lipinski definition) is 4. The second-order valence-electron chi connectivity index (χ2n) is 6.72. The monoisotopic (exact) mass is 483 g/mol. The summed E-state index contributed by atoms with van der Waals surface area (Å²) in [6.45, 7) is 7.97. The number of halogens is 1. The van der Waals surface area contributed by atoms with Crippen molar-refractivity contribution in [3.05, 3.63) is 35.9 Å². The van der Waals surface area contributed by atoms with Crippen LogP contribution in [0.15, 0.2) is 35.3 Å². The van der Waals surface area contributed by atoms with Gasteiger partial charge in [0.2, 0.25) is 0 Å². The summed E-state index contributed by atoms with van der Waals surface area (Å²) in [4.78, 5) is 4.35. The van der Waals surface area contributed by atoms with E-state index in [1.807, 2.05) is 37.3 Å². The van der Waals surface area contributed by atoms with Gasteiger partial charge in [-0.15, -0.1) is 24.0 Å². The highest BCUT2D eigenvalue weighted by Crippen LogP contribution is 2.19. The van der Waals surface area contributed by atoms with Crippen molar-refractivity contribution < 1.29 is 13.5 Å². The molecule has 0 aliphatic heterocycles. The van der Waals surface area contributed by atoms with E-state index in [0.717, 1.165) is 5.56 Å². The average Bonchev–Trinajstić information content (AvgIpc) is 2.50. The highest BCUT2D eigenvalue weighted by molar-refractivity contribution is 14.0. The third kappa shape index (κ3) is 7.49. The molecule has 0 aliphatic rings. The molecule has 0 radical (unpaired) electrons. The zero-order chi connectivity index (χ0) is 18.4. The molecule has 0 fully saturated rings. The summed E-state index contributed by atoms with van der Waals surface area (Å²) >= 11 is 0. The lowest BCUT2D eigenvalue weighted by Gasteiger charge is -2.26. The fourth-order valence-corrected chi connectivity index (χ4v) is 2.18. The first-order chi connectivity index (χ1) is 11.0. The number of aliphatic imine (C=N–C) groups is 1. The Kier molecular flexibility index (Phi) is 9.39. The maximum atomic E-state index is 11.8. The number of nitrogens with one attached hydrogen (secondary N) is 2. The molecule has 144 valence electrons. The minimum atomic E-state index is -3.21. The van der Waals surface area contributed by atoms with E-state index in [2.05, 4.69) is 15.6 Å². The number of hydrogen-bond donors (Lipinski definition) is 3. The molecule has 0 spiro atoms. The molecule has 0 aliphatic carbocycles. The Morgan fingerprint density at radius 2 is 1.72 bits per heavy atom. The molecule has 0 aromatic heterocycles. The van der Waals surface area contributed by atoms with Crippen LogP contribution in [0, 0.1) is 0 Å². The average molecular weight is 483 g/mol. The summed E-state index contributed by atoms with van der Waals surface area (Å²) in [5.41, 5.74) is -0.270. The van der Waals surface area contributed by atoms with Crippen LogP contribution in [0.2, 0.25) is 0 Å². The van der Waals surface area contributed by atoms with Gasteiger partial charge in [-0.2, -0.15) is 0 Å². The molecule has 8 heteroatoms. The Labute approximate surface area is 168 Å². The lowest BCUT2D eigenvalue weighted by Crippen LogP contribution is -2.45. The van der Waals surface area contributed by atoms with Crippen LogP contribution in [-0.4, -0.2) is 50.1 Å². The molecule has 0 saturated carbocycles. The molecule has 1 aromatic rings. The third-order valence-corrected chi connectivity index (χ3v) is 6.10. The van der Waals surface area contributed by atoms with Gasteiger partial charge in [0.05, 0.1) is 17.8 Å². The van der Waals surface area contributed by atoms with Crippen molar-refractivity contribution >= 4 is 39.8 Å². The van der Waals surface area contributed by atoms with E-state index in [1.165, 1.54) is 6.26 Å². The number of guanidine groups is 1. The van der Waals surface area contributed by atoms with Crippen LogP contribution < -0.4 is 10.6 Å². The maximum absolute atomic E-state index is 11.8. The lowest BCUT2D eigenvalue weighted by molar-refractivity contribution is 0.0617. The zero-order valence-corrected chi connectivity index (χ0v) is 18.7. The van der Waals surface area contributed by atoms with E-state index < -0.39 is 20.2 Å². The van der Waals surface area contributed by atoms with Gasteiger partial charge < -0.3 is 15.7 Å². The van der Waals surface area contributed by atoms with Crippen LogP contribution >= 0.6 is 24.0 Å². The summed E-state index contributed by atoms with van der Waals surface area (Å²) in [5.74, 6) is 0.477. The molecule has 0 amide bonds. The first-order valence-electron chi connectivity index (χ1n) is 7.99. The quantitative estimate of drug-likeness (QED) is 0.313. The highest BCUT2D eigenvalue weighted by atomic mass is 127. The van der Waals surface area contributed by atoms with Crippen molar-refractivity contribution in [1.82, 2.24) is 10.6 Å². The van der Waals surface area contributed by atoms with Crippen molar-refractivity contribution in [2.24, 2.45) is 4.99 Å². The van der Waals surface area contributed by atoms with E-state index in [-0.39, 0.29) is 37.1 Å². The molecule has 0 saturated heterocycles. The van der Waals surface area contributed by atoms with Gasteiger partial charge in [0, 0.05) is 12.8 Å². The van der Waals surface area contributed by atoms with Gasteiger partial charge in [-0.25, -0.2) is 8.42 Å². The third-order valence-electron chi connectivity index (χ3n) is 3.96. The van der Waals surface area contributed by atoms with Crippen molar-refractivity contribution in [2.45, 2.75) is 38.0 Å². The van der Waals surface area contributed by atoms with Gasteiger partial charge in [0.1, 0.15) is 5.60 Å². The molecule has 1 atom stereocenters. The van der Waals surface area contributed by atoms with Gasteiger partial charge in [0.25, 0.3) is 0 Å². The van der Waals surface area contributed by atoms with E-state index in [4.69, 9.17) is 0 Å². The zero-order valence-electron chi connectivity index (χ0n) is 15.5. The van der Waals surface area contributed by atoms with Gasteiger partial charge in [0.15, 0.2) is 15.8 Å². The molecule has 6 nitrogen and oxygen atoms in total. The maximum Gasteiger partial charge on any atom is 0.191 e. The molecule has 25 heavy (non-hydrogen) atoms. The summed E-state index contributed by atoms with van der Waals surface area (Å²) < 4.78 is 22.6. The molecule has 1 rings (SSSR count). The van der Waals surface area contributed by atoms with Crippen LogP contribution in [0.3, 0.4) is 0 Å². The van der Waals surface area contributed by atoms with Crippen molar-refractivity contribution in [3.63, 3.8) is 0 Å². The molecular weight excluding hydrogens is 453 g/mol. The predicted molar refractivity (Wildman–Crippen MR) is 114 cm³/mol. The number of aliphatic hydroxyl groups is 1. The van der Waals surface area contributed by atoms with E-state index >= 15 is 0 Å². The fourth-order valence-electron chi connectivity index (χ4n) is 1.88. The van der Waals surface area contributed by atoms with Crippen molar-refractivity contribution in [3.8, 4) is 0 Å². The van der Waals surface area contributed by atoms with Crippen molar-refractivity contribution in [1.29, 1.82) is 0 Å². The number of nitrogens with zero attached hydrogens (tertiary/aromatic N) is 1. The molecule has 1 unspecified atom stereocenters. The standard InChI is InChI=1S/C17H29N3O3S.HI/c1-6-18-15(19-12-16(2,3)24(5,22)23)20-13-17(4,21)14-10-8-7-9-11-14;/h7-11,21H,6,12-13H2,1-5H3,(H2,18,19,20);1H. The van der Waals surface area contributed by atoms with Crippen LogP contribution in [0.1, 0.15) is 33.3 Å². The minimum Gasteiger partial charge on any atom is -0.384 e. The smallest absolute Gasteiger partial charge is 0.191 e. The van der Waals surface area contributed by atoms with Crippen molar-refractivity contribution in [2.75, 3.05) is 25.9 Å². The van der Waals surface area contributed by atoms with Gasteiger partial charge in [-0.3, -0.25) is 4.99 Å². The second kappa shape index (κ2) is 9.72. The van der Waals surface area contributed by atoms with Gasteiger partial charge >= 0.3 is 0 Å². The molecule has 0 heterocycles. The van der Waals surface area contributed by atoms with E-state index in [1.54, 1.807) is 20.8 Å². The van der Waals surface area contributed by atoms with Gasteiger partial charge in [-0.1, -0.05) is 30.3 Å². The Bertz CT molecular complexity index is 659. The van der Waals surface area contributed by atoms with Gasteiger partial charge in [-0.05, 0) is 33.3 Å². The molecule has 0 bridgehead atoms. The van der Waals surface area contributed by atoms with Crippen LogP contribution in [-0.2, 0) is 15.4 Å². The second-order valence-corrected chi connectivity index (χ2v) is 9.37. The molecule has 3 N–H and O–H groups in total. The van der Waals surface area contributed by atoms with Crippen LogP contribution in [0.25, 0.3) is 0 Å². The number of benzene rings is 1. The largest absolute Gasteiger partial charge is 0.384 e. The Morgan fingerprint density at radius 1 is 1.16 bits per heavy atom. The highest BCUT2D eigenvalue weighted by Gasteiger charge is 2.30. The fraction of sp³-hybridized carbons (Fsp3) is 0.588. The summed E-state index contributed by atoms with van der Waals surface area (Å²) in [6, 6.07) is 9.36. The van der Waals surface area contributed by atoms with E-state index in [0.29, 0.717) is 12.5 Å². The Balaban J connectivity index is 0.00000576. The first-order valence-corrected chi connectivity index (χ1v) is 9.88. The Hall–Kier alpha value is -0.870. The first kappa shape index (κ1) is 24.1. The minimum absolute atomic E-state index is 0. The molecular formula is C17H30IN3O3S. The number of sulfone groups is 1. The van der Waals surface area contributed by atoms with Crippen LogP contribution in [0.5, 0.6) is 0 Å². The predicted octanol–water partition coefficient (Wildman–Crippen LogP) is 1.89. The lowest BCUT2D eigenvalue weighted by atomic mass is 9.96. The normalized spacial score (nSPS) is 15.0. The topological polar surface area (TPSA) is 90.8 Å². The number of rotatable bonds is 7. The van der Waals surface area contributed by atoms with E-state index in [9.17, 15) is 13.5 Å². The summed E-state index contributed by atoms with van der Waals surface area (Å²) in [6.07, 6.45) is 1.21. The SMILES string of the molecule is CCNC(=NCC(C)(C)S(C)(=O)=O)NCC(C)(O)c1ccccc1.I. The summed E-state index contributed by atoms with van der Waals surface area (Å²) in [5, 5.41) is 16.8. The summed E-state index contributed by atoms with van der Waals surface area (Å²) in [7, 11) is -3.21. The van der Waals surface area contributed by atoms with Crippen LogP contribution in [0.4, 0.5) is 0 Å². The Morgan fingerprint density at radius 3 is 2.20 bits per heavy atom.